The monoisotopic (exact) mass is 236 g/mol. The molecule has 0 bridgehead atoms. The van der Waals surface area contributed by atoms with Gasteiger partial charge in [-0.1, -0.05) is 0 Å². The van der Waals surface area contributed by atoms with Crippen LogP contribution in [-0.4, -0.2) is 23.1 Å². The first-order chi connectivity index (χ1) is 7.97. The molecular formula is C13H16O4. The summed E-state index contributed by atoms with van der Waals surface area (Å²) in [6.07, 6.45) is 2.45. The molecule has 2 aliphatic carbocycles. The van der Waals surface area contributed by atoms with E-state index >= 15 is 0 Å². The van der Waals surface area contributed by atoms with E-state index in [1.165, 1.54) is 6.92 Å². The van der Waals surface area contributed by atoms with Crippen LogP contribution < -0.4 is 0 Å². The molecule has 2 aliphatic rings. The molecule has 0 saturated heterocycles. The largest absolute Gasteiger partial charge is 0.447 e. The van der Waals surface area contributed by atoms with Gasteiger partial charge in [0, 0.05) is 26.2 Å². The number of Topliss-reactive ketones (excluding diaryl/α,β-unsaturated/α-hetero) is 2. The number of allylic oxidation sites excluding steroid dienone is 1. The summed E-state index contributed by atoms with van der Waals surface area (Å²) in [6, 6.07) is 0. The van der Waals surface area contributed by atoms with Crippen molar-refractivity contribution in [3.05, 3.63) is 11.1 Å². The van der Waals surface area contributed by atoms with Gasteiger partial charge in [0.2, 0.25) is 0 Å². The van der Waals surface area contributed by atoms with Crippen molar-refractivity contribution < 1.29 is 19.1 Å². The first-order valence-corrected chi connectivity index (χ1v) is 5.93. The van der Waals surface area contributed by atoms with Gasteiger partial charge in [-0.25, -0.2) is 0 Å². The van der Waals surface area contributed by atoms with Crippen molar-refractivity contribution in [2.24, 2.45) is 0 Å². The number of fused-ring (bicyclic) bond motifs is 1. The van der Waals surface area contributed by atoms with Crippen LogP contribution in [0.4, 0.5) is 0 Å². The second-order valence-electron chi connectivity index (χ2n) is 4.72. The number of hydrogen-bond acceptors (Lipinski definition) is 4. The molecule has 0 aromatic rings. The quantitative estimate of drug-likeness (QED) is 0.650. The Morgan fingerprint density at radius 1 is 1.24 bits per heavy atom. The standard InChI is InChI=1S/C13H16O4/c1-8-10-4-3-5-12(16)13(10,17-9(2)14)7-6-11(8)15/h3-7H2,1-2H3/t13-/m1/s1. The Bertz CT molecular complexity index is 433. The highest BCUT2D eigenvalue weighted by Gasteiger charge is 2.50. The zero-order valence-electron chi connectivity index (χ0n) is 10.2. The molecule has 1 atom stereocenters. The molecule has 1 saturated carbocycles. The third kappa shape index (κ3) is 1.81. The maximum Gasteiger partial charge on any atom is 0.303 e. The Balaban J connectivity index is 2.51. The lowest BCUT2D eigenvalue weighted by Crippen LogP contribution is -2.50. The molecule has 4 nitrogen and oxygen atoms in total. The number of ether oxygens (including phenoxy) is 1. The Morgan fingerprint density at radius 3 is 2.59 bits per heavy atom. The van der Waals surface area contributed by atoms with Crippen LogP contribution in [0.25, 0.3) is 0 Å². The van der Waals surface area contributed by atoms with Crippen molar-refractivity contribution in [1.29, 1.82) is 0 Å². The van der Waals surface area contributed by atoms with Gasteiger partial charge in [-0.2, -0.15) is 0 Å². The summed E-state index contributed by atoms with van der Waals surface area (Å²) >= 11 is 0. The predicted octanol–water partition coefficient (Wildman–Crippen LogP) is 1.72. The molecule has 0 aromatic carbocycles. The van der Waals surface area contributed by atoms with Gasteiger partial charge in [-0.05, 0) is 30.9 Å². The molecule has 17 heavy (non-hydrogen) atoms. The molecule has 2 rings (SSSR count). The minimum atomic E-state index is -1.12. The Morgan fingerprint density at radius 2 is 1.94 bits per heavy atom. The first-order valence-electron chi connectivity index (χ1n) is 5.93. The van der Waals surface area contributed by atoms with E-state index in [4.69, 9.17) is 4.74 Å². The van der Waals surface area contributed by atoms with Crippen LogP contribution in [-0.2, 0) is 19.1 Å². The Hall–Kier alpha value is -1.45. The minimum absolute atomic E-state index is 0.0548. The van der Waals surface area contributed by atoms with Crippen LogP contribution in [0, 0.1) is 0 Å². The van der Waals surface area contributed by atoms with Gasteiger partial charge in [0.1, 0.15) is 0 Å². The highest BCUT2D eigenvalue weighted by Crippen LogP contribution is 2.42. The van der Waals surface area contributed by atoms with Crippen LogP contribution in [0.1, 0.15) is 46.0 Å². The summed E-state index contributed by atoms with van der Waals surface area (Å²) < 4.78 is 5.32. The van der Waals surface area contributed by atoms with E-state index in [2.05, 4.69) is 0 Å². The highest BCUT2D eigenvalue weighted by molar-refractivity contribution is 6.03. The molecule has 0 N–H and O–H groups in total. The molecule has 0 spiro atoms. The van der Waals surface area contributed by atoms with E-state index in [0.717, 1.165) is 12.0 Å². The topological polar surface area (TPSA) is 60.4 Å². The molecule has 0 aromatic heterocycles. The summed E-state index contributed by atoms with van der Waals surface area (Å²) in [6.45, 7) is 3.04. The average molecular weight is 236 g/mol. The summed E-state index contributed by atoms with van der Waals surface area (Å²) in [5.41, 5.74) is 0.230. The van der Waals surface area contributed by atoms with Crippen molar-refractivity contribution in [3.8, 4) is 0 Å². The van der Waals surface area contributed by atoms with E-state index in [1.807, 2.05) is 0 Å². The summed E-state index contributed by atoms with van der Waals surface area (Å²) in [5, 5.41) is 0. The fraction of sp³-hybridized carbons (Fsp3) is 0.615. The molecule has 0 aliphatic heterocycles. The lowest BCUT2D eigenvalue weighted by molar-refractivity contribution is -0.165. The van der Waals surface area contributed by atoms with Crippen LogP contribution in [0.3, 0.4) is 0 Å². The third-order valence-electron chi connectivity index (χ3n) is 3.66. The van der Waals surface area contributed by atoms with Crippen LogP contribution in [0.5, 0.6) is 0 Å². The minimum Gasteiger partial charge on any atom is -0.447 e. The Labute approximate surface area is 100 Å². The summed E-state index contributed by atoms with van der Waals surface area (Å²) in [4.78, 5) is 35.0. The second-order valence-corrected chi connectivity index (χ2v) is 4.72. The second kappa shape index (κ2) is 4.09. The fourth-order valence-electron chi connectivity index (χ4n) is 2.84. The van der Waals surface area contributed by atoms with Crippen molar-refractivity contribution in [3.63, 3.8) is 0 Å². The van der Waals surface area contributed by atoms with Crippen molar-refractivity contribution in [1.82, 2.24) is 0 Å². The maximum absolute atomic E-state index is 12.1. The zero-order chi connectivity index (χ0) is 12.6. The predicted molar refractivity (Wildman–Crippen MR) is 60.3 cm³/mol. The molecule has 0 radical (unpaired) electrons. The van der Waals surface area contributed by atoms with E-state index in [1.54, 1.807) is 6.92 Å². The van der Waals surface area contributed by atoms with Gasteiger partial charge in [0.05, 0.1) is 0 Å². The smallest absolute Gasteiger partial charge is 0.303 e. The molecule has 1 fully saturated rings. The van der Waals surface area contributed by atoms with Crippen LogP contribution >= 0.6 is 0 Å². The summed E-state index contributed by atoms with van der Waals surface area (Å²) in [5.74, 6) is -0.446. The van der Waals surface area contributed by atoms with E-state index in [-0.39, 0.29) is 18.0 Å². The van der Waals surface area contributed by atoms with E-state index < -0.39 is 11.6 Å². The normalized spacial score (nSPS) is 29.1. The average Bonchev–Trinajstić information content (AvgIpc) is 2.26. The van der Waals surface area contributed by atoms with Gasteiger partial charge >= 0.3 is 5.97 Å². The van der Waals surface area contributed by atoms with Gasteiger partial charge in [0.15, 0.2) is 17.2 Å². The molecule has 0 heterocycles. The SMILES string of the molecule is CC(=O)O[C@]12CCC(=O)C(C)=C1CCCC2=O. The third-order valence-corrected chi connectivity index (χ3v) is 3.66. The fourth-order valence-corrected chi connectivity index (χ4v) is 2.84. The number of hydrogen-bond donors (Lipinski definition) is 0. The molecule has 4 heteroatoms. The number of ketones is 2. The van der Waals surface area contributed by atoms with Gasteiger partial charge < -0.3 is 4.74 Å². The zero-order valence-corrected chi connectivity index (χ0v) is 10.2. The lowest BCUT2D eigenvalue weighted by atomic mass is 9.70. The summed E-state index contributed by atoms with van der Waals surface area (Å²) in [7, 11) is 0. The van der Waals surface area contributed by atoms with Gasteiger partial charge in [0.25, 0.3) is 0 Å². The number of carbonyl (C=O) groups is 3. The van der Waals surface area contributed by atoms with Crippen LogP contribution in [0.15, 0.2) is 11.1 Å². The van der Waals surface area contributed by atoms with Crippen molar-refractivity contribution in [2.75, 3.05) is 0 Å². The number of esters is 1. The lowest BCUT2D eigenvalue weighted by Gasteiger charge is -2.40. The van der Waals surface area contributed by atoms with E-state index in [9.17, 15) is 14.4 Å². The molecule has 0 unspecified atom stereocenters. The number of carbonyl (C=O) groups excluding carboxylic acids is 3. The first kappa shape index (κ1) is 12.0. The van der Waals surface area contributed by atoms with Crippen molar-refractivity contribution in [2.45, 2.75) is 51.6 Å². The number of rotatable bonds is 1. The molecular weight excluding hydrogens is 220 g/mol. The maximum atomic E-state index is 12.1. The van der Waals surface area contributed by atoms with E-state index in [0.29, 0.717) is 24.8 Å². The Kier molecular flexibility index (Phi) is 2.89. The highest BCUT2D eigenvalue weighted by atomic mass is 16.6. The molecule has 92 valence electrons. The molecule has 0 amide bonds. The van der Waals surface area contributed by atoms with Gasteiger partial charge in [-0.15, -0.1) is 0 Å². The van der Waals surface area contributed by atoms with Crippen molar-refractivity contribution >= 4 is 17.5 Å². The van der Waals surface area contributed by atoms with Crippen LogP contribution in [0.2, 0.25) is 0 Å². The van der Waals surface area contributed by atoms with Gasteiger partial charge in [-0.3, -0.25) is 14.4 Å².